The summed E-state index contributed by atoms with van der Waals surface area (Å²) in [5.74, 6) is 0.505. The van der Waals surface area contributed by atoms with Gasteiger partial charge in [-0.3, -0.25) is 4.79 Å². The summed E-state index contributed by atoms with van der Waals surface area (Å²) in [4.78, 5) is 17.9. The van der Waals surface area contributed by atoms with Gasteiger partial charge in [0.2, 0.25) is 11.8 Å². The molecule has 0 bridgehead atoms. The molecule has 1 atom stereocenters. The van der Waals surface area contributed by atoms with Gasteiger partial charge in [0.1, 0.15) is 12.7 Å². The van der Waals surface area contributed by atoms with Crippen LogP contribution in [0.25, 0.3) is 0 Å². The number of aromatic nitrogens is 1. The Morgan fingerprint density at radius 3 is 3.00 bits per heavy atom. The van der Waals surface area contributed by atoms with E-state index in [9.17, 15) is 4.79 Å². The minimum absolute atomic E-state index is 0.0379. The second kappa shape index (κ2) is 8.99. The Morgan fingerprint density at radius 2 is 2.11 bits per heavy atom. The van der Waals surface area contributed by atoms with Gasteiger partial charge in [0.25, 0.3) is 0 Å². The zero-order chi connectivity index (χ0) is 19.2. The number of carbonyl (C=O) groups is 1. The predicted molar refractivity (Wildman–Crippen MR) is 108 cm³/mol. The van der Waals surface area contributed by atoms with Gasteiger partial charge in [0, 0.05) is 23.2 Å². The molecule has 1 unspecified atom stereocenters. The van der Waals surface area contributed by atoms with Crippen LogP contribution in [0.5, 0.6) is 5.88 Å². The van der Waals surface area contributed by atoms with Crippen molar-refractivity contribution in [2.75, 3.05) is 6.61 Å². The first-order valence-electron chi connectivity index (χ1n) is 9.35. The molecular formula is C22H22N2O3S. The number of ether oxygens (including phenoxy) is 2. The van der Waals surface area contributed by atoms with Gasteiger partial charge in [0.05, 0.1) is 13.0 Å². The van der Waals surface area contributed by atoms with Gasteiger partial charge < -0.3 is 14.8 Å². The number of pyridine rings is 1. The highest BCUT2D eigenvalue weighted by Gasteiger charge is 2.24. The predicted octanol–water partition coefficient (Wildman–Crippen LogP) is 4.04. The number of hydrogen-bond acceptors (Lipinski definition) is 5. The van der Waals surface area contributed by atoms with E-state index in [0.717, 1.165) is 17.5 Å². The normalized spacial score (nSPS) is 15.6. The van der Waals surface area contributed by atoms with Crippen LogP contribution in [-0.4, -0.2) is 17.5 Å². The van der Waals surface area contributed by atoms with E-state index < -0.39 is 0 Å². The van der Waals surface area contributed by atoms with E-state index in [0.29, 0.717) is 32.1 Å². The number of nitrogens with one attached hydrogen (secondary N) is 1. The van der Waals surface area contributed by atoms with Gasteiger partial charge in [-0.25, -0.2) is 4.98 Å². The number of fused-ring (bicyclic) bond motifs is 1. The lowest BCUT2D eigenvalue weighted by Crippen LogP contribution is -2.27. The topological polar surface area (TPSA) is 60.5 Å². The lowest BCUT2D eigenvalue weighted by Gasteiger charge is -2.22. The Kier molecular flexibility index (Phi) is 5.99. The molecule has 3 aromatic rings. The van der Waals surface area contributed by atoms with Crippen LogP contribution in [0.15, 0.2) is 60.1 Å². The summed E-state index contributed by atoms with van der Waals surface area (Å²) in [5.41, 5.74) is 3.23. The van der Waals surface area contributed by atoms with Crippen molar-refractivity contribution in [1.29, 1.82) is 0 Å². The van der Waals surface area contributed by atoms with E-state index in [2.05, 4.69) is 21.7 Å². The number of hydrogen-bond donors (Lipinski definition) is 1. The zero-order valence-corrected chi connectivity index (χ0v) is 16.3. The molecule has 0 aliphatic carbocycles. The van der Waals surface area contributed by atoms with Gasteiger partial charge in [-0.05, 0) is 35.1 Å². The Labute approximate surface area is 168 Å². The van der Waals surface area contributed by atoms with E-state index in [1.165, 1.54) is 10.4 Å². The molecule has 1 amide bonds. The smallest absolute Gasteiger partial charge is 0.223 e. The summed E-state index contributed by atoms with van der Waals surface area (Å²) in [5, 5.41) is 5.04. The van der Waals surface area contributed by atoms with Crippen molar-refractivity contribution in [3.8, 4) is 5.88 Å². The molecule has 6 heteroatoms. The minimum Gasteiger partial charge on any atom is -0.473 e. The second-order valence-electron chi connectivity index (χ2n) is 6.64. The van der Waals surface area contributed by atoms with Crippen LogP contribution < -0.4 is 10.1 Å². The SMILES string of the molecule is O=C(CC1OCCc2ccsc21)NCc1cccnc1OCc1ccccc1. The van der Waals surface area contributed by atoms with Crippen molar-refractivity contribution in [2.45, 2.75) is 32.1 Å². The highest BCUT2D eigenvalue weighted by molar-refractivity contribution is 7.10. The first kappa shape index (κ1) is 18.7. The van der Waals surface area contributed by atoms with E-state index >= 15 is 0 Å². The summed E-state index contributed by atoms with van der Waals surface area (Å²) in [7, 11) is 0. The fraction of sp³-hybridized carbons (Fsp3) is 0.273. The van der Waals surface area contributed by atoms with Crippen LogP contribution >= 0.6 is 11.3 Å². The Bertz CT molecular complexity index is 926. The number of carbonyl (C=O) groups excluding carboxylic acids is 1. The average molecular weight is 394 g/mol. The van der Waals surface area contributed by atoms with Crippen molar-refractivity contribution in [1.82, 2.24) is 10.3 Å². The monoisotopic (exact) mass is 394 g/mol. The summed E-state index contributed by atoms with van der Waals surface area (Å²) in [6.45, 7) is 1.48. The van der Waals surface area contributed by atoms with Gasteiger partial charge in [-0.1, -0.05) is 36.4 Å². The highest BCUT2D eigenvalue weighted by atomic mass is 32.1. The summed E-state index contributed by atoms with van der Waals surface area (Å²) >= 11 is 1.66. The van der Waals surface area contributed by atoms with E-state index in [1.54, 1.807) is 17.5 Å². The second-order valence-corrected chi connectivity index (χ2v) is 7.59. The molecule has 28 heavy (non-hydrogen) atoms. The molecular weight excluding hydrogens is 372 g/mol. The fourth-order valence-corrected chi connectivity index (χ4v) is 4.23. The average Bonchev–Trinajstić information content (AvgIpc) is 3.22. The van der Waals surface area contributed by atoms with Crippen LogP contribution in [0.3, 0.4) is 0 Å². The number of amides is 1. The third kappa shape index (κ3) is 4.58. The van der Waals surface area contributed by atoms with Crippen molar-refractivity contribution < 1.29 is 14.3 Å². The molecule has 1 N–H and O–H groups in total. The standard InChI is InChI=1S/C22H22N2O3S/c25-20(13-19-21-17(8-11-26-19)9-12-28-21)24-14-18-7-4-10-23-22(18)27-15-16-5-2-1-3-6-16/h1-7,9-10,12,19H,8,11,13-15H2,(H,24,25). The minimum atomic E-state index is -0.147. The van der Waals surface area contributed by atoms with E-state index in [1.807, 2.05) is 42.5 Å². The molecule has 1 aliphatic heterocycles. The van der Waals surface area contributed by atoms with Crippen molar-refractivity contribution >= 4 is 17.2 Å². The highest BCUT2D eigenvalue weighted by Crippen LogP contribution is 2.33. The van der Waals surface area contributed by atoms with E-state index in [-0.39, 0.29) is 12.0 Å². The largest absolute Gasteiger partial charge is 0.473 e. The Balaban J connectivity index is 1.33. The molecule has 3 heterocycles. The molecule has 5 nitrogen and oxygen atoms in total. The molecule has 1 aliphatic rings. The Hall–Kier alpha value is -2.70. The molecule has 4 rings (SSSR count). The van der Waals surface area contributed by atoms with Gasteiger partial charge in [-0.2, -0.15) is 0 Å². The van der Waals surface area contributed by atoms with E-state index in [4.69, 9.17) is 9.47 Å². The molecule has 0 spiro atoms. The van der Waals surface area contributed by atoms with Crippen molar-refractivity contribution in [3.05, 3.63) is 81.7 Å². The van der Waals surface area contributed by atoms with Gasteiger partial charge >= 0.3 is 0 Å². The van der Waals surface area contributed by atoms with Crippen molar-refractivity contribution in [3.63, 3.8) is 0 Å². The molecule has 2 aromatic heterocycles. The quantitative estimate of drug-likeness (QED) is 0.657. The third-order valence-electron chi connectivity index (χ3n) is 4.68. The first-order valence-corrected chi connectivity index (χ1v) is 10.2. The Morgan fingerprint density at radius 1 is 1.21 bits per heavy atom. The van der Waals surface area contributed by atoms with Gasteiger partial charge in [-0.15, -0.1) is 11.3 Å². The third-order valence-corrected chi connectivity index (χ3v) is 5.73. The fourth-order valence-electron chi connectivity index (χ4n) is 3.22. The lowest BCUT2D eigenvalue weighted by molar-refractivity contribution is -0.124. The number of nitrogens with zero attached hydrogens (tertiary/aromatic N) is 1. The molecule has 0 saturated carbocycles. The molecule has 144 valence electrons. The summed E-state index contributed by atoms with van der Waals surface area (Å²) in [6, 6.07) is 15.8. The van der Waals surface area contributed by atoms with Crippen LogP contribution in [0.1, 0.15) is 34.1 Å². The van der Waals surface area contributed by atoms with Crippen LogP contribution in [0.4, 0.5) is 0 Å². The van der Waals surface area contributed by atoms with Crippen LogP contribution in [-0.2, 0) is 29.1 Å². The summed E-state index contributed by atoms with van der Waals surface area (Å²) < 4.78 is 11.7. The summed E-state index contributed by atoms with van der Waals surface area (Å²) in [6.07, 6.45) is 2.80. The lowest BCUT2D eigenvalue weighted by atomic mass is 10.1. The maximum atomic E-state index is 12.5. The molecule has 0 fully saturated rings. The maximum absolute atomic E-state index is 12.5. The molecule has 0 saturated heterocycles. The number of rotatable bonds is 7. The maximum Gasteiger partial charge on any atom is 0.223 e. The zero-order valence-electron chi connectivity index (χ0n) is 15.5. The van der Waals surface area contributed by atoms with Gasteiger partial charge in [0.15, 0.2) is 0 Å². The van der Waals surface area contributed by atoms with Crippen LogP contribution in [0.2, 0.25) is 0 Å². The number of benzene rings is 1. The van der Waals surface area contributed by atoms with Crippen LogP contribution in [0, 0.1) is 0 Å². The first-order chi connectivity index (χ1) is 13.8. The molecule has 0 radical (unpaired) electrons. The van der Waals surface area contributed by atoms with Crippen molar-refractivity contribution in [2.24, 2.45) is 0 Å². The molecule has 1 aromatic carbocycles. The number of thiophene rings is 1.